The summed E-state index contributed by atoms with van der Waals surface area (Å²) in [6.45, 7) is 7.17. The fraction of sp³-hybridized carbons (Fsp3) is 0.538. The number of benzene rings is 1. The maximum absolute atomic E-state index is 14.4. The number of aromatic nitrogens is 2. The van der Waals surface area contributed by atoms with Crippen molar-refractivity contribution in [1.29, 1.82) is 0 Å². The van der Waals surface area contributed by atoms with Crippen LogP contribution in [-0.4, -0.2) is 59.0 Å². The Labute approximate surface area is 199 Å². The van der Waals surface area contributed by atoms with Gasteiger partial charge in [0.15, 0.2) is 0 Å². The van der Waals surface area contributed by atoms with Crippen molar-refractivity contribution in [2.45, 2.75) is 46.0 Å². The Kier molecular flexibility index (Phi) is 6.21. The molecule has 3 atom stereocenters. The molecular weight excluding hydrogens is 438 g/mol. The summed E-state index contributed by atoms with van der Waals surface area (Å²) in [6, 6.07) is 5.41. The van der Waals surface area contributed by atoms with Gasteiger partial charge in [0.1, 0.15) is 11.6 Å². The summed E-state index contributed by atoms with van der Waals surface area (Å²) in [5, 5.41) is 8.03. The van der Waals surface area contributed by atoms with Gasteiger partial charge >= 0.3 is 0 Å². The van der Waals surface area contributed by atoms with Crippen LogP contribution in [0.25, 0.3) is 11.3 Å². The summed E-state index contributed by atoms with van der Waals surface area (Å²) in [7, 11) is 3.48. The monoisotopic (exact) mass is 470 g/mol. The van der Waals surface area contributed by atoms with Gasteiger partial charge in [-0.15, -0.1) is 0 Å². The first-order chi connectivity index (χ1) is 16.0. The molecule has 182 valence electrons. The quantitative estimate of drug-likeness (QED) is 0.670. The molecule has 1 aliphatic heterocycles. The molecule has 2 heterocycles. The topological polar surface area (TPSA) is 66.4 Å². The number of likely N-dealkylation sites (tertiary alicyclic amines) is 1. The summed E-state index contributed by atoms with van der Waals surface area (Å²) in [5.74, 6) is -1.45. The van der Waals surface area contributed by atoms with Gasteiger partial charge in [-0.25, -0.2) is 8.78 Å². The minimum absolute atomic E-state index is 0.0349. The first kappa shape index (κ1) is 24.2. The molecule has 1 saturated heterocycles. The van der Waals surface area contributed by atoms with Gasteiger partial charge < -0.3 is 9.80 Å². The van der Waals surface area contributed by atoms with Crippen LogP contribution in [0.1, 0.15) is 51.5 Å². The van der Waals surface area contributed by atoms with Gasteiger partial charge in [0.2, 0.25) is 11.8 Å². The van der Waals surface area contributed by atoms with Gasteiger partial charge in [-0.3, -0.25) is 9.59 Å². The molecule has 6 nitrogen and oxygen atoms in total. The Balaban J connectivity index is 1.59. The molecule has 2 amide bonds. The third kappa shape index (κ3) is 3.87. The van der Waals surface area contributed by atoms with E-state index in [1.54, 1.807) is 31.3 Å². The van der Waals surface area contributed by atoms with E-state index in [4.69, 9.17) is 0 Å². The molecule has 0 radical (unpaired) electrons. The van der Waals surface area contributed by atoms with E-state index in [2.05, 4.69) is 24.0 Å². The van der Waals surface area contributed by atoms with Crippen molar-refractivity contribution in [1.82, 2.24) is 20.0 Å². The van der Waals surface area contributed by atoms with E-state index in [9.17, 15) is 18.4 Å². The Morgan fingerprint density at radius 2 is 1.79 bits per heavy atom. The Hall–Kier alpha value is -2.90. The molecule has 0 spiro atoms. The lowest BCUT2D eigenvalue weighted by Crippen LogP contribution is -2.48. The number of carbonyl (C=O) groups excluding carboxylic acids is 2. The molecule has 4 rings (SSSR count). The zero-order valence-corrected chi connectivity index (χ0v) is 20.4. The first-order valence-corrected chi connectivity index (χ1v) is 11.7. The third-order valence-electron chi connectivity index (χ3n) is 8.26. The van der Waals surface area contributed by atoms with Crippen molar-refractivity contribution in [3.8, 4) is 11.3 Å². The van der Waals surface area contributed by atoms with Gasteiger partial charge in [0.05, 0.1) is 28.8 Å². The third-order valence-corrected chi connectivity index (χ3v) is 8.26. The van der Waals surface area contributed by atoms with Crippen LogP contribution < -0.4 is 0 Å². The van der Waals surface area contributed by atoms with Crippen LogP contribution in [-0.2, 0) is 9.59 Å². The van der Waals surface area contributed by atoms with Crippen molar-refractivity contribution >= 4 is 11.8 Å². The molecule has 1 saturated carbocycles. The summed E-state index contributed by atoms with van der Waals surface area (Å²) >= 11 is 0. The predicted octanol–water partition coefficient (Wildman–Crippen LogP) is 4.27. The molecule has 1 unspecified atom stereocenters. The lowest BCUT2D eigenvalue weighted by Gasteiger charge is -2.42. The maximum atomic E-state index is 14.4. The van der Waals surface area contributed by atoms with Crippen molar-refractivity contribution in [3.05, 3.63) is 47.7 Å². The van der Waals surface area contributed by atoms with Crippen molar-refractivity contribution < 1.29 is 18.4 Å². The van der Waals surface area contributed by atoms with Crippen molar-refractivity contribution in [2.24, 2.45) is 16.7 Å². The van der Waals surface area contributed by atoms with Crippen LogP contribution in [0.3, 0.4) is 0 Å². The smallest absolute Gasteiger partial charge is 0.229 e. The summed E-state index contributed by atoms with van der Waals surface area (Å²) in [4.78, 5) is 29.6. The molecule has 2 aromatic rings. The molecule has 34 heavy (non-hydrogen) atoms. The second-order valence-electron chi connectivity index (χ2n) is 10.6. The number of rotatable bonds is 4. The highest BCUT2D eigenvalue weighted by Gasteiger charge is 2.57. The highest BCUT2D eigenvalue weighted by Crippen LogP contribution is 2.60. The second kappa shape index (κ2) is 8.71. The van der Waals surface area contributed by atoms with Gasteiger partial charge in [-0.1, -0.05) is 26.8 Å². The molecular formula is C26H32F2N4O2. The Bertz CT molecular complexity index is 1100. The molecule has 0 N–H and O–H groups in total. The maximum Gasteiger partial charge on any atom is 0.229 e. The van der Waals surface area contributed by atoms with Crippen molar-refractivity contribution in [3.63, 3.8) is 0 Å². The van der Waals surface area contributed by atoms with E-state index in [0.29, 0.717) is 25.9 Å². The summed E-state index contributed by atoms with van der Waals surface area (Å²) in [5.41, 5.74) is -0.313. The number of amides is 2. The number of halogens is 2. The number of nitrogens with zero attached hydrogens (tertiary/aromatic N) is 4. The first-order valence-electron chi connectivity index (χ1n) is 11.7. The fourth-order valence-corrected chi connectivity index (χ4v) is 5.76. The zero-order valence-electron chi connectivity index (χ0n) is 20.4. The van der Waals surface area contributed by atoms with Gasteiger partial charge in [0, 0.05) is 27.2 Å². The Morgan fingerprint density at radius 1 is 1.12 bits per heavy atom. The minimum atomic E-state index is -0.687. The zero-order chi connectivity index (χ0) is 24.8. The SMILES string of the molecule is CN(C)C(=O)C1CCN(C(=O)[C@@]2(C)CC[C@H](c3cnnc(-c4c(F)cccc4F)c3)C2(C)C)C1. The normalized spacial score (nSPS) is 26.0. The highest BCUT2D eigenvalue weighted by molar-refractivity contribution is 5.86. The molecule has 1 aromatic carbocycles. The molecule has 8 heteroatoms. The number of carbonyl (C=O) groups is 2. The highest BCUT2D eigenvalue weighted by atomic mass is 19.1. The standard InChI is InChI=1S/C26H32F2N4O2/c1-25(2)18(17-13-21(30-29-14-17)22-19(27)7-6-8-20(22)28)9-11-26(25,3)24(34)32-12-10-16(15-32)23(33)31(4)5/h6-8,13-14,16,18H,9-12,15H2,1-5H3/t16?,18-,26-/m1/s1. The molecule has 2 aliphatic rings. The summed E-state index contributed by atoms with van der Waals surface area (Å²) in [6.07, 6.45) is 3.73. The molecule has 0 bridgehead atoms. The van der Waals surface area contributed by atoms with E-state index in [1.807, 2.05) is 11.8 Å². The fourth-order valence-electron chi connectivity index (χ4n) is 5.76. The molecule has 1 aromatic heterocycles. The number of hydrogen-bond acceptors (Lipinski definition) is 4. The van der Waals surface area contributed by atoms with Gasteiger partial charge in [0.25, 0.3) is 0 Å². The van der Waals surface area contributed by atoms with Crippen LogP contribution in [0.2, 0.25) is 0 Å². The lowest BCUT2D eigenvalue weighted by molar-refractivity contribution is -0.146. The van der Waals surface area contributed by atoms with E-state index in [0.717, 1.165) is 12.0 Å². The van der Waals surface area contributed by atoms with Crippen LogP contribution in [0.5, 0.6) is 0 Å². The van der Waals surface area contributed by atoms with Crippen LogP contribution in [0.15, 0.2) is 30.5 Å². The van der Waals surface area contributed by atoms with Crippen LogP contribution in [0.4, 0.5) is 8.78 Å². The van der Waals surface area contributed by atoms with Crippen LogP contribution in [0, 0.1) is 28.4 Å². The number of hydrogen-bond donors (Lipinski definition) is 0. The molecule has 2 fully saturated rings. The van der Waals surface area contributed by atoms with E-state index < -0.39 is 22.5 Å². The van der Waals surface area contributed by atoms with Gasteiger partial charge in [-0.2, -0.15) is 10.2 Å². The average Bonchev–Trinajstić information content (AvgIpc) is 3.36. The molecule has 1 aliphatic carbocycles. The van der Waals surface area contributed by atoms with Gasteiger partial charge in [-0.05, 0) is 54.4 Å². The van der Waals surface area contributed by atoms with E-state index in [-0.39, 0.29) is 34.9 Å². The largest absolute Gasteiger partial charge is 0.349 e. The van der Waals surface area contributed by atoms with Crippen LogP contribution >= 0.6 is 0 Å². The predicted molar refractivity (Wildman–Crippen MR) is 125 cm³/mol. The lowest BCUT2D eigenvalue weighted by atomic mass is 9.63. The summed E-state index contributed by atoms with van der Waals surface area (Å²) < 4.78 is 28.7. The van der Waals surface area contributed by atoms with E-state index in [1.165, 1.54) is 18.2 Å². The Morgan fingerprint density at radius 3 is 2.44 bits per heavy atom. The van der Waals surface area contributed by atoms with Crippen molar-refractivity contribution in [2.75, 3.05) is 27.2 Å². The second-order valence-corrected chi connectivity index (χ2v) is 10.6. The average molecular weight is 471 g/mol. The van der Waals surface area contributed by atoms with E-state index >= 15 is 0 Å². The minimum Gasteiger partial charge on any atom is -0.349 e.